The molecule has 0 aromatic rings. The molecule has 0 amide bonds. The fourth-order valence-corrected chi connectivity index (χ4v) is 12.6. The van der Waals surface area contributed by atoms with E-state index in [0.29, 0.717) is 0 Å². The Balaban J connectivity index is 3.87. The van der Waals surface area contributed by atoms with Crippen molar-refractivity contribution in [1.82, 2.24) is 4.23 Å². The van der Waals surface area contributed by atoms with Crippen molar-refractivity contribution in [3.05, 3.63) is 0 Å². The quantitative estimate of drug-likeness (QED) is 0.100. The second-order valence-electron chi connectivity index (χ2n) is 11.4. The van der Waals surface area contributed by atoms with Gasteiger partial charge in [-0.05, 0) is 19.1 Å². The van der Waals surface area contributed by atoms with Crippen LogP contribution >= 0.6 is 0 Å². The van der Waals surface area contributed by atoms with Gasteiger partial charge in [-0.15, -0.1) is 0 Å². The van der Waals surface area contributed by atoms with Gasteiger partial charge in [-0.2, -0.15) is 0 Å². The van der Waals surface area contributed by atoms with E-state index in [1.807, 2.05) is 0 Å². The van der Waals surface area contributed by atoms with E-state index in [2.05, 4.69) is 44.8 Å². The fraction of sp³-hybridized carbons (Fsp3) is 1.00. The molecular formula is C28H63NSi2. The average Bonchev–Trinajstić information content (AvgIpc) is 2.73. The molecule has 0 bridgehead atoms. The van der Waals surface area contributed by atoms with Crippen molar-refractivity contribution < 1.29 is 0 Å². The third-order valence-electron chi connectivity index (χ3n) is 7.39. The Bertz CT molecular complexity index is 329. The normalized spacial score (nSPS) is 12.4. The summed E-state index contributed by atoms with van der Waals surface area (Å²) in [5, 5.41) is 0. The highest BCUT2D eigenvalue weighted by Gasteiger charge is 2.27. The van der Waals surface area contributed by atoms with E-state index in [1.54, 1.807) is 12.1 Å². The predicted molar refractivity (Wildman–Crippen MR) is 152 cm³/mol. The van der Waals surface area contributed by atoms with Crippen molar-refractivity contribution in [2.24, 2.45) is 0 Å². The lowest BCUT2D eigenvalue weighted by molar-refractivity contribution is 0.557. The lowest BCUT2D eigenvalue weighted by Gasteiger charge is -2.37. The summed E-state index contributed by atoms with van der Waals surface area (Å²) in [5.41, 5.74) is 0. The van der Waals surface area contributed by atoms with Gasteiger partial charge >= 0.3 is 0 Å². The maximum absolute atomic E-state index is 2.95. The molecule has 31 heavy (non-hydrogen) atoms. The van der Waals surface area contributed by atoms with Crippen LogP contribution in [0.3, 0.4) is 0 Å². The van der Waals surface area contributed by atoms with Gasteiger partial charge in [0.25, 0.3) is 0 Å². The molecule has 0 aliphatic rings. The molecule has 0 aliphatic heterocycles. The number of hydrogen-bond acceptors (Lipinski definition) is 1. The number of rotatable bonds is 24. The Kier molecular flexibility index (Phi) is 22.5. The molecular weight excluding hydrogens is 406 g/mol. The summed E-state index contributed by atoms with van der Waals surface area (Å²) in [4.78, 5) is 0. The monoisotopic (exact) mass is 469 g/mol. The first kappa shape index (κ1) is 31.4. The molecule has 0 fully saturated rings. The lowest BCUT2D eigenvalue weighted by atomic mass is 10.1. The van der Waals surface area contributed by atoms with Gasteiger partial charge in [0.05, 0.1) is 0 Å². The van der Waals surface area contributed by atoms with E-state index in [4.69, 9.17) is 0 Å². The molecule has 0 saturated heterocycles. The highest BCUT2D eigenvalue weighted by Crippen LogP contribution is 2.21. The molecule has 0 spiro atoms. The van der Waals surface area contributed by atoms with Gasteiger partial charge in [0, 0.05) is 0 Å². The second kappa shape index (κ2) is 22.2. The first-order valence-corrected chi connectivity index (χ1v) is 20.3. The predicted octanol–water partition coefficient (Wildman–Crippen LogP) is 10.3. The van der Waals surface area contributed by atoms with E-state index in [-0.39, 0.29) is 0 Å². The Labute approximate surface area is 202 Å². The van der Waals surface area contributed by atoms with E-state index in [0.717, 1.165) is 0 Å². The van der Waals surface area contributed by atoms with Crippen molar-refractivity contribution in [3.8, 4) is 0 Å². The molecule has 0 saturated carbocycles. The minimum atomic E-state index is -1.12. The Hall–Kier alpha value is 0.394. The molecule has 1 nitrogen and oxygen atoms in total. The van der Waals surface area contributed by atoms with Crippen LogP contribution in [0.2, 0.25) is 31.7 Å². The molecule has 0 unspecified atom stereocenters. The third-order valence-corrected chi connectivity index (χ3v) is 16.2. The van der Waals surface area contributed by atoms with Crippen LogP contribution < -0.4 is 0 Å². The minimum Gasteiger partial charge on any atom is -0.351 e. The van der Waals surface area contributed by atoms with Crippen molar-refractivity contribution in [3.63, 3.8) is 0 Å². The molecule has 0 aromatic heterocycles. The zero-order valence-electron chi connectivity index (χ0n) is 23.1. The summed E-state index contributed by atoms with van der Waals surface area (Å²) in [6.07, 6.45) is 29.4. The maximum atomic E-state index is 2.95. The van der Waals surface area contributed by atoms with E-state index < -0.39 is 17.2 Å². The van der Waals surface area contributed by atoms with Gasteiger partial charge in [0.15, 0.2) is 0 Å². The molecule has 0 atom stereocenters. The fourth-order valence-electron chi connectivity index (χ4n) is 4.81. The van der Waals surface area contributed by atoms with Crippen LogP contribution in [0.25, 0.3) is 0 Å². The summed E-state index contributed by atoms with van der Waals surface area (Å²) in [6, 6.07) is 3.16. The van der Waals surface area contributed by atoms with Gasteiger partial charge < -0.3 is 4.23 Å². The highest BCUT2D eigenvalue weighted by molar-refractivity contribution is 6.83. The lowest BCUT2D eigenvalue weighted by Crippen LogP contribution is -2.51. The molecule has 188 valence electrons. The SMILES string of the molecule is CCCCCCCCCCCC[SiH](CCCCCCCCCCCC)N(C)[Si](C)(C)C. The zero-order valence-corrected chi connectivity index (χ0v) is 25.2. The number of nitrogens with zero attached hydrogens (tertiary/aromatic N) is 1. The topological polar surface area (TPSA) is 3.24 Å². The van der Waals surface area contributed by atoms with Crippen LogP contribution in [0.4, 0.5) is 0 Å². The largest absolute Gasteiger partial charge is 0.351 e. The molecule has 0 heterocycles. The summed E-state index contributed by atoms with van der Waals surface area (Å²) < 4.78 is 2.95. The summed E-state index contributed by atoms with van der Waals surface area (Å²) in [5.74, 6) is 0. The van der Waals surface area contributed by atoms with Crippen molar-refractivity contribution in [2.45, 2.75) is 174 Å². The van der Waals surface area contributed by atoms with Gasteiger partial charge in [-0.25, -0.2) is 0 Å². The van der Waals surface area contributed by atoms with Crippen LogP contribution in [0, 0.1) is 0 Å². The summed E-state index contributed by atoms with van der Waals surface area (Å²) >= 11 is 0. The number of hydrogen-bond donors (Lipinski definition) is 0. The first-order chi connectivity index (χ1) is 14.9. The Morgan fingerprint density at radius 3 is 0.968 bits per heavy atom. The maximum Gasteiger partial charge on any atom is 0.111 e. The third kappa shape index (κ3) is 20.7. The van der Waals surface area contributed by atoms with Gasteiger partial charge in [0.2, 0.25) is 0 Å². The smallest absolute Gasteiger partial charge is 0.111 e. The van der Waals surface area contributed by atoms with Crippen LogP contribution in [-0.2, 0) is 0 Å². The number of unbranched alkanes of at least 4 members (excludes halogenated alkanes) is 18. The second-order valence-corrected chi connectivity index (χ2v) is 20.2. The highest BCUT2D eigenvalue weighted by atomic mass is 28.4. The van der Waals surface area contributed by atoms with E-state index in [9.17, 15) is 0 Å². The zero-order chi connectivity index (χ0) is 23.2. The minimum absolute atomic E-state index is 0.714. The van der Waals surface area contributed by atoms with Crippen LogP contribution in [0.5, 0.6) is 0 Å². The molecule has 3 heteroatoms. The molecule has 0 radical (unpaired) electrons. The van der Waals surface area contributed by atoms with E-state index >= 15 is 0 Å². The van der Waals surface area contributed by atoms with Crippen molar-refractivity contribution >= 4 is 17.2 Å². The van der Waals surface area contributed by atoms with Crippen molar-refractivity contribution in [2.75, 3.05) is 7.05 Å². The standard InChI is InChI=1S/C28H63NSi2/c1-7-9-11-13-15-17-19-21-23-25-27-30(29(3)31(4,5)6)28-26-24-22-20-18-16-14-12-10-8-2/h30H,7-28H2,1-6H3. The Morgan fingerprint density at radius 2 is 0.710 bits per heavy atom. The van der Waals surface area contributed by atoms with Gasteiger partial charge in [-0.1, -0.05) is 162 Å². The molecule has 0 rings (SSSR count). The van der Waals surface area contributed by atoms with Gasteiger partial charge in [-0.3, -0.25) is 0 Å². The Morgan fingerprint density at radius 1 is 0.452 bits per heavy atom. The van der Waals surface area contributed by atoms with Crippen LogP contribution in [-0.4, -0.2) is 28.5 Å². The molecule has 0 N–H and O–H groups in total. The van der Waals surface area contributed by atoms with Gasteiger partial charge in [0.1, 0.15) is 17.2 Å². The van der Waals surface area contributed by atoms with Crippen molar-refractivity contribution in [1.29, 1.82) is 0 Å². The summed E-state index contributed by atoms with van der Waals surface area (Å²) in [6.45, 7) is 12.3. The van der Waals surface area contributed by atoms with Crippen LogP contribution in [0.15, 0.2) is 0 Å². The summed E-state index contributed by atoms with van der Waals surface area (Å²) in [7, 11) is 0.658. The van der Waals surface area contributed by atoms with Crippen LogP contribution in [0.1, 0.15) is 142 Å². The average molecular weight is 470 g/mol. The molecule has 0 aliphatic carbocycles. The first-order valence-electron chi connectivity index (χ1n) is 14.7. The molecule has 0 aromatic carbocycles. The van der Waals surface area contributed by atoms with E-state index in [1.165, 1.54) is 128 Å².